The molecule has 240 valence electrons. The smallest absolute Gasteiger partial charge is 0.413 e. The molecule has 0 radical (unpaired) electrons. The van der Waals surface area contributed by atoms with Crippen LogP contribution in [-0.4, -0.2) is 81.8 Å². The van der Waals surface area contributed by atoms with E-state index in [0.29, 0.717) is 5.56 Å². The summed E-state index contributed by atoms with van der Waals surface area (Å²) < 4.78 is 32.9. The predicted octanol–water partition coefficient (Wildman–Crippen LogP) is 3.18. The van der Waals surface area contributed by atoms with Crippen molar-refractivity contribution in [1.82, 2.24) is 19.5 Å². The first-order valence-corrected chi connectivity index (χ1v) is 16.3. The highest BCUT2D eigenvalue weighted by Crippen LogP contribution is 2.33. The number of phenols is 1. The first kappa shape index (κ1) is 31.6. The molecule has 12 nitrogen and oxygen atoms in total. The largest absolute Gasteiger partial charge is 0.508 e. The predicted molar refractivity (Wildman–Crippen MR) is 170 cm³/mol. The van der Waals surface area contributed by atoms with Crippen molar-refractivity contribution >= 4 is 32.9 Å². The minimum Gasteiger partial charge on any atom is -0.508 e. The Morgan fingerprint density at radius 1 is 0.936 bits per heavy atom. The van der Waals surface area contributed by atoms with Gasteiger partial charge in [-0.2, -0.15) is 4.31 Å². The molecule has 2 fully saturated rings. The van der Waals surface area contributed by atoms with Crippen molar-refractivity contribution in [2.24, 2.45) is 0 Å². The van der Waals surface area contributed by atoms with Gasteiger partial charge in [0.25, 0.3) is 10.0 Å². The van der Waals surface area contributed by atoms with Gasteiger partial charge in [-0.1, -0.05) is 60.7 Å². The number of sulfonamides is 1. The zero-order valence-corrected chi connectivity index (χ0v) is 25.7. The topological polar surface area (TPSA) is 163 Å². The monoisotopic (exact) mass is 654 g/mol. The number of carbonyl (C=O) groups excluding carboxylic acids is 4. The van der Waals surface area contributed by atoms with Gasteiger partial charge < -0.3 is 20.1 Å². The number of aromatic hydroxyl groups is 1. The number of benzene rings is 3. The Balaban J connectivity index is 1.20. The van der Waals surface area contributed by atoms with Gasteiger partial charge in [0.2, 0.25) is 5.91 Å². The lowest BCUT2D eigenvalue weighted by atomic mass is 10.0. The van der Waals surface area contributed by atoms with Gasteiger partial charge in [-0.05, 0) is 59.5 Å². The molecule has 2 N–H and O–H groups in total. The molecule has 1 aromatic heterocycles. The third-order valence-electron chi connectivity index (χ3n) is 8.19. The van der Waals surface area contributed by atoms with E-state index in [0.717, 1.165) is 15.4 Å². The van der Waals surface area contributed by atoms with Gasteiger partial charge in [-0.25, -0.2) is 13.2 Å². The van der Waals surface area contributed by atoms with Gasteiger partial charge in [0.05, 0.1) is 12.6 Å². The van der Waals surface area contributed by atoms with Crippen molar-refractivity contribution in [3.05, 3.63) is 115 Å². The van der Waals surface area contributed by atoms with E-state index in [2.05, 4.69) is 10.3 Å². The fourth-order valence-corrected chi connectivity index (χ4v) is 7.48. The van der Waals surface area contributed by atoms with E-state index in [4.69, 9.17) is 4.74 Å². The van der Waals surface area contributed by atoms with E-state index in [1.807, 2.05) is 30.3 Å². The Kier molecular flexibility index (Phi) is 8.83. The number of carbonyl (C=O) groups is 4. The van der Waals surface area contributed by atoms with Crippen LogP contribution in [0.2, 0.25) is 0 Å². The number of aromatic nitrogens is 1. The molecule has 3 atom stereocenters. The highest BCUT2D eigenvalue weighted by atomic mass is 32.2. The van der Waals surface area contributed by atoms with Crippen molar-refractivity contribution in [2.45, 2.75) is 31.0 Å². The third kappa shape index (κ3) is 6.62. The Morgan fingerprint density at radius 3 is 2.36 bits per heavy atom. The molecule has 4 aromatic rings. The molecule has 3 unspecified atom stereocenters. The number of fused-ring (bicyclic) bond motifs is 1. The highest BCUT2D eigenvalue weighted by molar-refractivity contribution is 8.04. The van der Waals surface area contributed by atoms with Gasteiger partial charge in [0, 0.05) is 19.2 Å². The Labute approximate surface area is 270 Å². The highest BCUT2D eigenvalue weighted by Gasteiger charge is 2.55. The fraction of sp³-hybridized carbons (Fsp3) is 0.206. The first-order chi connectivity index (χ1) is 22.6. The molecule has 0 bridgehead atoms. The van der Waals surface area contributed by atoms with E-state index in [-0.39, 0.29) is 36.6 Å². The van der Waals surface area contributed by atoms with Gasteiger partial charge >= 0.3 is 11.2 Å². The average Bonchev–Trinajstić information content (AvgIpc) is 3.66. The summed E-state index contributed by atoms with van der Waals surface area (Å²) in [6.45, 7) is -0.566. The summed E-state index contributed by atoms with van der Waals surface area (Å²) in [5, 5.41) is 11.4. The van der Waals surface area contributed by atoms with Crippen molar-refractivity contribution in [3.63, 3.8) is 0 Å². The number of ketones is 1. The number of likely N-dealkylation sites (tertiary alicyclic amines) is 1. The molecule has 2 saturated heterocycles. The van der Waals surface area contributed by atoms with E-state index in [1.165, 1.54) is 41.4 Å². The molecule has 2 aliphatic rings. The molecule has 0 saturated carbocycles. The number of Topliss-reactive ketones (excluding diaryl/α,β-unsaturated/α-hetero) is 1. The number of nitrogens with zero attached hydrogens (tertiary/aromatic N) is 3. The number of pyridine rings is 1. The van der Waals surface area contributed by atoms with Crippen LogP contribution >= 0.6 is 0 Å². The van der Waals surface area contributed by atoms with Crippen LogP contribution < -0.4 is 10.1 Å². The van der Waals surface area contributed by atoms with E-state index >= 15 is 0 Å². The Bertz CT molecular complexity index is 1920. The second kappa shape index (κ2) is 13.1. The maximum Gasteiger partial charge on any atom is 0.413 e. The number of ether oxygens (including phenoxy) is 1. The molecule has 2 amide bonds. The van der Waals surface area contributed by atoms with Crippen molar-refractivity contribution in [1.29, 1.82) is 0 Å². The molecular weight excluding hydrogens is 624 g/mol. The van der Waals surface area contributed by atoms with Crippen molar-refractivity contribution in [2.75, 3.05) is 13.1 Å². The minimum absolute atomic E-state index is 0.0118. The Morgan fingerprint density at radius 2 is 1.66 bits per heavy atom. The van der Waals surface area contributed by atoms with Crippen LogP contribution in [0.3, 0.4) is 0 Å². The van der Waals surface area contributed by atoms with Crippen LogP contribution in [-0.2, 0) is 26.0 Å². The number of hydrogen-bond acceptors (Lipinski definition) is 9. The average molecular weight is 655 g/mol. The van der Waals surface area contributed by atoms with Crippen LogP contribution in [0, 0.1) is 0 Å². The standard InChI is InChI=1S/C34H30N4O8S/c39-25-10-6-7-22(19-25)20-28(36-34(43)46-26-14-12-24(13-15-26)23-8-2-1-3-9-23)32(41)37-18-16-29-31(37)30(40)21-38(29)47(44,45)33(42)27-11-4-5-17-35-27/h1-15,17,19,28-29,31,39H,16,18,20-21H2,(H,36,43). The van der Waals surface area contributed by atoms with Crippen molar-refractivity contribution in [3.8, 4) is 22.6 Å². The maximum atomic E-state index is 14.0. The van der Waals surface area contributed by atoms with Gasteiger partial charge in [-0.15, -0.1) is 0 Å². The van der Waals surface area contributed by atoms with E-state index in [9.17, 15) is 32.7 Å². The summed E-state index contributed by atoms with van der Waals surface area (Å²) in [6, 6.07) is 23.6. The number of hydrogen-bond donors (Lipinski definition) is 2. The molecule has 0 aliphatic carbocycles. The molecular formula is C34H30N4O8S. The lowest BCUT2D eigenvalue weighted by molar-refractivity contribution is -0.138. The molecule has 3 aromatic carbocycles. The number of nitrogens with one attached hydrogen (secondary N) is 1. The number of amides is 2. The van der Waals surface area contributed by atoms with Gasteiger partial charge in [0.1, 0.15) is 29.3 Å². The second-order valence-corrected chi connectivity index (χ2v) is 13.0. The lowest BCUT2D eigenvalue weighted by Gasteiger charge is -2.28. The molecule has 3 heterocycles. The fourth-order valence-electron chi connectivity index (χ4n) is 6.01. The number of phenolic OH excluding ortho intramolecular Hbond substituents is 1. The number of rotatable bonds is 8. The first-order valence-electron chi connectivity index (χ1n) is 14.8. The summed E-state index contributed by atoms with van der Waals surface area (Å²) >= 11 is 0. The zero-order valence-electron chi connectivity index (χ0n) is 24.9. The van der Waals surface area contributed by atoms with E-state index < -0.39 is 57.6 Å². The van der Waals surface area contributed by atoms with Crippen LogP contribution in [0.25, 0.3) is 11.1 Å². The Hall–Kier alpha value is -5.40. The summed E-state index contributed by atoms with van der Waals surface area (Å²) in [6.07, 6.45) is 0.418. The third-order valence-corrected chi connectivity index (χ3v) is 9.89. The molecule has 0 spiro atoms. The van der Waals surface area contributed by atoms with Crippen LogP contribution in [0.4, 0.5) is 4.79 Å². The molecule has 2 aliphatic heterocycles. The van der Waals surface area contributed by atoms with Crippen LogP contribution in [0.5, 0.6) is 11.5 Å². The molecule has 6 rings (SSSR count). The maximum absolute atomic E-state index is 14.0. The molecule has 47 heavy (non-hydrogen) atoms. The minimum atomic E-state index is -4.62. The SMILES string of the molecule is O=C(NC(Cc1cccc(O)c1)C(=O)N1CCC2C1C(=O)CN2S(=O)(=O)C(=O)c1ccccn1)Oc1ccc(-c2ccccc2)cc1. The van der Waals surface area contributed by atoms with Crippen molar-refractivity contribution < 1.29 is 37.4 Å². The second-order valence-electron chi connectivity index (χ2n) is 11.2. The normalized spacial score (nSPS) is 18.4. The zero-order chi connectivity index (χ0) is 33.1. The molecule has 13 heteroatoms. The van der Waals surface area contributed by atoms with Crippen LogP contribution in [0.1, 0.15) is 22.5 Å². The quantitative estimate of drug-likeness (QED) is 0.291. The summed E-state index contributed by atoms with van der Waals surface area (Å²) in [5.41, 5.74) is 2.14. The summed E-state index contributed by atoms with van der Waals surface area (Å²) in [4.78, 5) is 58.3. The van der Waals surface area contributed by atoms with E-state index in [1.54, 1.807) is 36.4 Å². The lowest BCUT2D eigenvalue weighted by Crippen LogP contribution is -2.53. The van der Waals surface area contributed by atoms with Crippen LogP contribution in [0.15, 0.2) is 103 Å². The summed E-state index contributed by atoms with van der Waals surface area (Å²) in [5.74, 6) is -0.993. The summed E-state index contributed by atoms with van der Waals surface area (Å²) in [7, 11) is -4.62. The van der Waals surface area contributed by atoms with Gasteiger partial charge in [0.15, 0.2) is 5.78 Å². The van der Waals surface area contributed by atoms with Gasteiger partial charge in [-0.3, -0.25) is 19.4 Å².